The molecule has 162 valence electrons. The van der Waals surface area contributed by atoms with E-state index < -0.39 is 0 Å². The fraction of sp³-hybridized carbons (Fsp3) is 0.480. The monoisotopic (exact) mass is 417 g/mol. The van der Waals surface area contributed by atoms with Crippen LogP contribution in [0.3, 0.4) is 0 Å². The number of hydrogen-bond donors (Lipinski definition) is 1. The van der Waals surface area contributed by atoms with Gasteiger partial charge in [0, 0.05) is 50.0 Å². The lowest BCUT2D eigenvalue weighted by atomic mass is 9.96. The molecule has 3 aromatic rings. The predicted molar refractivity (Wildman–Crippen MR) is 122 cm³/mol. The SMILES string of the molecule is Cc1nc([C@H]2CCCN(Cc3ccc4[nH]ccc4c3)C2)ncc1C(=O)N1CCCCC1. The van der Waals surface area contributed by atoms with E-state index in [0.717, 1.165) is 69.9 Å². The third-order valence-corrected chi connectivity index (χ3v) is 6.77. The zero-order valence-electron chi connectivity index (χ0n) is 18.3. The van der Waals surface area contributed by atoms with Gasteiger partial charge in [0.2, 0.25) is 0 Å². The molecule has 0 radical (unpaired) electrons. The van der Waals surface area contributed by atoms with Crippen molar-refractivity contribution in [2.45, 2.75) is 51.5 Å². The van der Waals surface area contributed by atoms with Crippen LogP contribution in [0.4, 0.5) is 0 Å². The maximum absolute atomic E-state index is 12.9. The van der Waals surface area contributed by atoms with E-state index in [1.807, 2.05) is 18.0 Å². The minimum Gasteiger partial charge on any atom is -0.361 e. The Hall–Kier alpha value is -2.73. The van der Waals surface area contributed by atoms with Crippen LogP contribution < -0.4 is 0 Å². The van der Waals surface area contributed by atoms with Gasteiger partial charge < -0.3 is 9.88 Å². The standard InChI is InChI=1S/C25H31N5O/c1-18-22(25(31)30-12-3-2-4-13-30)15-27-24(28-18)21-6-5-11-29(17-21)16-19-7-8-23-20(14-19)9-10-26-23/h7-10,14-15,21,26H,2-6,11-13,16-17H2,1H3/t21-/m0/s1. The molecular weight excluding hydrogens is 386 g/mol. The molecule has 1 atom stereocenters. The van der Waals surface area contributed by atoms with Crippen LogP contribution >= 0.6 is 0 Å². The lowest BCUT2D eigenvalue weighted by molar-refractivity contribution is 0.0722. The number of hydrogen-bond acceptors (Lipinski definition) is 4. The summed E-state index contributed by atoms with van der Waals surface area (Å²) in [6, 6.07) is 8.78. The van der Waals surface area contributed by atoms with Gasteiger partial charge in [-0.25, -0.2) is 9.97 Å². The fourth-order valence-corrected chi connectivity index (χ4v) is 5.03. The molecule has 2 saturated heterocycles. The molecule has 6 heteroatoms. The number of nitrogens with zero attached hydrogens (tertiary/aromatic N) is 4. The van der Waals surface area contributed by atoms with E-state index in [4.69, 9.17) is 4.98 Å². The quantitative estimate of drug-likeness (QED) is 0.688. The first-order valence-electron chi connectivity index (χ1n) is 11.6. The minimum atomic E-state index is 0.0918. The number of carbonyl (C=O) groups excluding carboxylic acids is 1. The summed E-state index contributed by atoms with van der Waals surface area (Å²) in [7, 11) is 0. The van der Waals surface area contributed by atoms with Crippen LogP contribution in [0.5, 0.6) is 0 Å². The van der Waals surface area contributed by atoms with E-state index in [2.05, 4.69) is 39.1 Å². The van der Waals surface area contributed by atoms with Gasteiger partial charge in [0.1, 0.15) is 5.82 Å². The van der Waals surface area contributed by atoms with Crippen LogP contribution in [-0.4, -0.2) is 56.8 Å². The molecule has 6 nitrogen and oxygen atoms in total. The van der Waals surface area contributed by atoms with Gasteiger partial charge in [-0.1, -0.05) is 6.07 Å². The van der Waals surface area contributed by atoms with Crippen LogP contribution in [0.2, 0.25) is 0 Å². The molecule has 1 amide bonds. The normalized spacial score (nSPS) is 20.3. The van der Waals surface area contributed by atoms with Crippen LogP contribution in [0.25, 0.3) is 10.9 Å². The average molecular weight is 418 g/mol. The minimum absolute atomic E-state index is 0.0918. The molecule has 0 saturated carbocycles. The third-order valence-electron chi connectivity index (χ3n) is 6.77. The Morgan fingerprint density at radius 3 is 2.84 bits per heavy atom. The molecule has 0 unspecified atom stereocenters. The van der Waals surface area contributed by atoms with Crippen molar-refractivity contribution in [1.29, 1.82) is 0 Å². The van der Waals surface area contributed by atoms with E-state index in [1.165, 1.54) is 22.9 Å². The van der Waals surface area contributed by atoms with E-state index in [1.54, 1.807) is 6.20 Å². The van der Waals surface area contributed by atoms with E-state index in [-0.39, 0.29) is 5.91 Å². The molecular formula is C25H31N5O. The number of H-pyrrole nitrogens is 1. The largest absolute Gasteiger partial charge is 0.361 e. The van der Waals surface area contributed by atoms with Crippen molar-refractivity contribution in [2.75, 3.05) is 26.2 Å². The summed E-state index contributed by atoms with van der Waals surface area (Å²) in [4.78, 5) is 30.1. The number of fused-ring (bicyclic) bond motifs is 1. The lowest BCUT2D eigenvalue weighted by Crippen LogP contribution is -2.36. The summed E-state index contributed by atoms with van der Waals surface area (Å²) in [5.41, 5.74) is 4.00. The molecule has 0 aliphatic carbocycles. The van der Waals surface area contributed by atoms with Crippen molar-refractivity contribution in [3.05, 3.63) is 59.3 Å². The molecule has 1 N–H and O–H groups in total. The van der Waals surface area contributed by atoms with Gasteiger partial charge in [0.15, 0.2) is 0 Å². The summed E-state index contributed by atoms with van der Waals surface area (Å²) in [6.07, 6.45) is 9.42. The molecule has 2 aliphatic heterocycles. The third kappa shape index (κ3) is 4.35. The molecule has 5 rings (SSSR count). The molecule has 2 aliphatic rings. The number of benzene rings is 1. The number of aryl methyl sites for hydroxylation is 1. The second-order valence-corrected chi connectivity index (χ2v) is 9.05. The summed E-state index contributed by atoms with van der Waals surface area (Å²) < 4.78 is 0. The van der Waals surface area contributed by atoms with Crippen molar-refractivity contribution in [3.8, 4) is 0 Å². The maximum Gasteiger partial charge on any atom is 0.257 e. The van der Waals surface area contributed by atoms with Crippen molar-refractivity contribution < 1.29 is 4.79 Å². The number of nitrogens with one attached hydrogen (secondary N) is 1. The highest BCUT2D eigenvalue weighted by Crippen LogP contribution is 2.27. The molecule has 0 spiro atoms. The Morgan fingerprint density at radius 2 is 2.00 bits per heavy atom. The van der Waals surface area contributed by atoms with Gasteiger partial charge in [-0.05, 0) is 74.7 Å². The smallest absolute Gasteiger partial charge is 0.257 e. The van der Waals surface area contributed by atoms with Crippen LogP contribution in [0, 0.1) is 6.92 Å². The lowest BCUT2D eigenvalue weighted by Gasteiger charge is -2.32. The average Bonchev–Trinajstić information content (AvgIpc) is 3.27. The van der Waals surface area contributed by atoms with Crippen LogP contribution in [-0.2, 0) is 6.54 Å². The number of amides is 1. The Kier molecular flexibility index (Phi) is 5.72. The Balaban J connectivity index is 1.27. The highest BCUT2D eigenvalue weighted by Gasteiger charge is 2.26. The second-order valence-electron chi connectivity index (χ2n) is 9.05. The van der Waals surface area contributed by atoms with E-state index in [9.17, 15) is 4.79 Å². The highest BCUT2D eigenvalue weighted by molar-refractivity contribution is 5.95. The van der Waals surface area contributed by atoms with E-state index >= 15 is 0 Å². The molecule has 0 bridgehead atoms. The number of rotatable bonds is 4. The fourth-order valence-electron chi connectivity index (χ4n) is 5.03. The number of carbonyl (C=O) groups is 1. The van der Waals surface area contributed by atoms with Gasteiger partial charge in [0.25, 0.3) is 5.91 Å². The maximum atomic E-state index is 12.9. The van der Waals surface area contributed by atoms with E-state index in [0.29, 0.717) is 11.5 Å². The summed E-state index contributed by atoms with van der Waals surface area (Å²) in [6.45, 7) is 6.67. The van der Waals surface area contributed by atoms with Crippen LogP contribution in [0.15, 0.2) is 36.7 Å². The molecule has 1 aromatic carbocycles. The number of piperidine rings is 2. The molecule has 31 heavy (non-hydrogen) atoms. The van der Waals surface area contributed by atoms with Crippen molar-refractivity contribution in [3.63, 3.8) is 0 Å². The Labute approximate surface area is 183 Å². The summed E-state index contributed by atoms with van der Waals surface area (Å²) in [5.74, 6) is 1.30. The zero-order valence-corrected chi connectivity index (χ0v) is 18.3. The van der Waals surface area contributed by atoms with Crippen molar-refractivity contribution in [1.82, 2.24) is 24.8 Å². The number of aromatic amines is 1. The topological polar surface area (TPSA) is 65.1 Å². The van der Waals surface area contributed by atoms with Gasteiger partial charge in [-0.3, -0.25) is 9.69 Å². The Morgan fingerprint density at radius 1 is 1.13 bits per heavy atom. The van der Waals surface area contributed by atoms with Gasteiger partial charge in [-0.15, -0.1) is 0 Å². The number of likely N-dealkylation sites (tertiary alicyclic amines) is 2. The van der Waals surface area contributed by atoms with Crippen LogP contribution in [0.1, 0.15) is 65.5 Å². The van der Waals surface area contributed by atoms with Gasteiger partial charge in [0.05, 0.1) is 11.3 Å². The summed E-state index contributed by atoms with van der Waals surface area (Å²) in [5, 5.41) is 1.26. The van der Waals surface area contributed by atoms with Crippen molar-refractivity contribution >= 4 is 16.8 Å². The molecule has 2 fully saturated rings. The zero-order chi connectivity index (χ0) is 21.2. The molecule has 2 aromatic heterocycles. The number of aromatic nitrogens is 3. The Bertz CT molecular complexity index is 1070. The summed E-state index contributed by atoms with van der Waals surface area (Å²) >= 11 is 0. The van der Waals surface area contributed by atoms with Gasteiger partial charge in [-0.2, -0.15) is 0 Å². The first-order valence-corrected chi connectivity index (χ1v) is 11.6. The highest BCUT2D eigenvalue weighted by atomic mass is 16.2. The second kappa shape index (κ2) is 8.79. The van der Waals surface area contributed by atoms with Crippen molar-refractivity contribution in [2.24, 2.45) is 0 Å². The van der Waals surface area contributed by atoms with Gasteiger partial charge >= 0.3 is 0 Å². The first kappa shape index (κ1) is 20.2. The predicted octanol–water partition coefficient (Wildman–Crippen LogP) is 4.27. The molecule has 4 heterocycles. The first-order chi connectivity index (χ1) is 15.2.